The van der Waals surface area contributed by atoms with Crippen LogP contribution in [-0.4, -0.2) is 54.3 Å². The molecule has 0 unspecified atom stereocenters. The number of hydrogen-bond acceptors (Lipinski definition) is 6. The topological polar surface area (TPSA) is 64.4 Å². The fraction of sp³-hybridized carbons (Fsp3) is 0.667. The summed E-state index contributed by atoms with van der Waals surface area (Å²) in [7, 11) is -2.97. The van der Waals surface area contributed by atoms with Crippen molar-refractivity contribution in [3.05, 3.63) is 39.3 Å². The fourth-order valence-electron chi connectivity index (χ4n) is 4.61. The Hall–Kier alpha value is -1.22. The lowest BCUT2D eigenvalue weighted by atomic mass is 9.79. The summed E-state index contributed by atoms with van der Waals surface area (Å²) >= 11 is 1.97. The van der Waals surface area contributed by atoms with Crippen LogP contribution >= 0.6 is 11.3 Å². The summed E-state index contributed by atoms with van der Waals surface area (Å²) in [5.74, 6) is 0.122. The molecule has 29 heavy (non-hydrogen) atoms. The van der Waals surface area contributed by atoms with Crippen LogP contribution < -0.4 is 0 Å². The number of fused-ring (bicyclic) bond motifs is 2. The SMILES string of the molecule is CCc1cc2c(s1)CCO[C@]21CCN(Cc2cnn(CCS(C)(=O)=O)c2)[C@H](C)C1. The molecule has 4 rings (SSSR count). The fourth-order valence-corrected chi connectivity index (χ4v) is 6.31. The molecule has 1 saturated heterocycles. The summed E-state index contributed by atoms with van der Waals surface area (Å²) in [6.07, 6.45) is 9.28. The number of ether oxygens (including phenoxy) is 1. The van der Waals surface area contributed by atoms with Crippen LogP contribution in [0.3, 0.4) is 0 Å². The van der Waals surface area contributed by atoms with Crippen LogP contribution in [-0.2, 0) is 46.1 Å². The van der Waals surface area contributed by atoms with E-state index in [4.69, 9.17) is 4.74 Å². The van der Waals surface area contributed by atoms with Crippen molar-refractivity contribution in [2.75, 3.05) is 25.2 Å². The summed E-state index contributed by atoms with van der Waals surface area (Å²) in [6.45, 7) is 7.59. The van der Waals surface area contributed by atoms with E-state index in [1.807, 2.05) is 23.7 Å². The number of likely N-dealkylation sites (tertiary alicyclic amines) is 1. The van der Waals surface area contributed by atoms with Crippen LogP contribution in [0.4, 0.5) is 0 Å². The lowest BCUT2D eigenvalue weighted by molar-refractivity contribution is -0.112. The van der Waals surface area contributed by atoms with Crippen LogP contribution in [0.5, 0.6) is 0 Å². The number of rotatable bonds is 6. The highest BCUT2D eigenvalue weighted by molar-refractivity contribution is 7.90. The molecule has 0 radical (unpaired) electrons. The number of thiophene rings is 1. The van der Waals surface area contributed by atoms with E-state index in [0.717, 1.165) is 50.9 Å². The van der Waals surface area contributed by atoms with Gasteiger partial charge in [-0.25, -0.2) is 8.42 Å². The first-order valence-electron chi connectivity index (χ1n) is 10.5. The minimum absolute atomic E-state index is 0.118. The van der Waals surface area contributed by atoms with Crippen LogP contribution in [0.25, 0.3) is 0 Å². The van der Waals surface area contributed by atoms with Crippen molar-refractivity contribution in [2.45, 2.75) is 64.3 Å². The van der Waals surface area contributed by atoms with E-state index >= 15 is 0 Å². The minimum Gasteiger partial charge on any atom is -0.370 e. The van der Waals surface area contributed by atoms with Gasteiger partial charge in [0, 0.05) is 53.3 Å². The predicted octanol–water partition coefficient (Wildman–Crippen LogP) is 3.00. The number of hydrogen-bond donors (Lipinski definition) is 0. The van der Waals surface area contributed by atoms with Gasteiger partial charge in [0.2, 0.25) is 0 Å². The Kier molecular flexibility index (Phi) is 5.90. The normalized spacial score (nSPS) is 25.4. The van der Waals surface area contributed by atoms with Gasteiger partial charge in [0.05, 0.1) is 30.7 Å². The first-order chi connectivity index (χ1) is 13.8. The third-order valence-corrected chi connectivity index (χ3v) is 8.49. The molecule has 6 nitrogen and oxygen atoms in total. The zero-order chi connectivity index (χ0) is 20.6. The summed E-state index contributed by atoms with van der Waals surface area (Å²) in [5, 5.41) is 4.34. The van der Waals surface area contributed by atoms with E-state index < -0.39 is 9.84 Å². The summed E-state index contributed by atoms with van der Waals surface area (Å²) < 4.78 is 30.9. The van der Waals surface area contributed by atoms with Gasteiger partial charge in [-0.05, 0) is 37.8 Å². The molecular formula is C21H31N3O3S2. The quantitative estimate of drug-likeness (QED) is 0.695. The van der Waals surface area contributed by atoms with Gasteiger partial charge in [-0.2, -0.15) is 5.10 Å². The average Bonchev–Trinajstić information content (AvgIpc) is 3.29. The van der Waals surface area contributed by atoms with Crippen LogP contribution in [0.2, 0.25) is 0 Å². The second-order valence-corrected chi connectivity index (χ2v) is 12.0. The molecule has 0 aliphatic carbocycles. The zero-order valence-corrected chi connectivity index (χ0v) is 19.2. The maximum atomic E-state index is 11.4. The Morgan fingerprint density at radius 1 is 1.41 bits per heavy atom. The number of aromatic nitrogens is 2. The summed E-state index contributed by atoms with van der Waals surface area (Å²) in [6, 6.07) is 2.81. The maximum absolute atomic E-state index is 11.4. The molecule has 2 aliphatic rings. The third kappa shape index (κ3) is 4.60. The molecule has 1 fully saturated rings. The largest absolute Gasteiger partial charge is 0.370 e. The molecule has 0 saturated carbocycles. The molecule has 2 aromatic rings. The van der Waals surface area contributed by atoms with Gasteiger partial charge in [0.1, 0.15) is 9.84 Å². The molecule has 2 aromatic heterocycles. The van der Waals surface area contributed by atoms with Crippen LogP contribution in [0, 0.1) is 0 Å². The van der Waals surface area contributed by atoms with Gasteiger partial charge < -0.3 is 4.74 Å². The van der Waals surface area contributed by atoms with E-state index in [1.165, 1.54) is 21.6 Å². The number of aryl methyl sites for hydroxylation is 2. The lowest BCUT2D eigenvalue weighted by Gasteiger charge is -2.47. The van der Waals surface area contributed by atoms with Crippen LogP contribution in [0.1, 0.15) is 47.6 Å². The molecule has 0 amide bonds. The van der Waals surface area contributed by atoms with E-state index in [0.29, 0.717) is 12.6 Å². The van der Waals surface area contributed by atoms with Gasteiger partial charge in [-0.15, -0.1) is 11.3 Å². The Balaban J connectivity index is 1.42. The molecule has 1 spiro atoms. The first-order valence-corrected chi connectivity index (χ1v) is 13.3. The monoisotopic (exact) mass is 437 g/mol. The average molecular weight is 438 g/mol. The first kappa shape index (κ1) is 21.0. The van der Waals surface area contributed by atoms with Gasteiger partial charge in [0.25, 0.3) is 0 Å². The number of piperidine rings is 1. The molecule has 160 valence electrons. The lowest BCUT2D eigenvalue weighted by Crippen LogP contribution is -2.50. The zero-order valence-electron chi connectivity index (χ0n) is 17.6. The Bertz CT molecular complexity index is 966. The van der Waals surface area contributed by atoms with E-state index in [1.54, 1.807) is 4.68 Å². The highest BCUT2D eigenvalue weighted by Crippen LogP contribution is 2.46. The van der Waals surface area contributed by atoms with Crippen molar-refractivity contribution in [1.82, 2.24) is 14.7 Å². The Morgan fingerprint density at radius 3 is 2.97 bits per heavy atom. The van der Waals surface area contributed by atoms with Crippen molar-refractivity contribution < 1.29 is 13.2 Å². The molecule has 8 heteroatoms. The van der Waals surface area contributed by atoms with Gasteiger partial charge in [-0.1, -0.05) is 6.92 Å². The molecular weight excluding hydrogens is 406 g/mol. The van der Waals surface area contributed by atoms with Gasteiger partial charge in [-0.3, -0.25) is 9.58 Å². The smallest absolute Gasteiger partial charge is 0.149 e. The molecule has 0 N–H and O–H groups in total. The van der Waals surface area contributed by atoms with Crippen LogP contribution in [0.15, 0.2) is 18.5 Å². The highest BCUT2D eigenvalue weighted by Gasteiger charge is 2.44. The summed E-state index contributed by atoms with van der Waals surface area (Å²) in [4.78, 5) is 5.49. The molecule has 4 heterocycles. The third-order valence-electron chi connectivity index (χ3n) is 6.22. The molecule has 0 bridgehead atoms. The van der Waals surface area contributed by atoms with Gasteiger partial charge in [0.15, 0.2) is 0 Å². The minimum atomic E-state index is -2.97. The maximum Gasteiger partial charge on any atom is 0.149 e. The number of sulfone groups is 1. The molecule has 0 aromatic carbocycles. The van der Waals surface area contributed by atoms with Crippen molar-refractivity contribution in [1.29, 1.82) is 0 Å². The number of nitrogens with zero attached hydrogens (tertiary/aromatic N) is 3. The molecule has 2 aliphatic heterocycles. The summed E-state index contributed by atoms with van der Waals surface area (Å²) in [5.41, 5.74) is 2.47. The standard InChI is InChI=1S/C21H31N3O3S2/c1-4-18-11-19-20(28-18)5-9-27-21(19)6-7-23(16(2)12-21)14-17-13-22-24(15-17)8-10-29(3,25)26/h11,13,15-16H,4-10,12,14H2,1-3H3/t16-,21+/m1/s1. The van der Waals surface area contributed by atoms with Gasteiger partial charge >= 0.3 is 0 Å². The Labute approximate surface area is 177 Å². The second-order valence-electron chi connectivity index (χ2n) is 8.51. The van der Waals surface area contributed by atoms with Crippen molar-refractivity contribution in [3.8, 4) is 0 Å². The Morgan fingerprint density at radius 2 is 2.24 bits per heavy atom. The highest BCUT2D eigenvalue weighted by atomic mass is 32.2. The van der Waals surface area contributed by atoms with Crippen molar-refractivity contribution >= 4 is 21.2 Å². The van der Waals surface area contributed by atoms with E-state index in [2.05, 4.69) is 29.9 Å². The van der Waals surface area contributed by atoms with E-state index in [-0.39, 0.29) is 11.4 Å². The van der Waals surface area contributed by atoms with E-state index in [9.17, 15) is 8.42 Å². The second kappa shape index (κ2) is 8.13. The van der Waals surface area contributed by atoms with Crippen molar-refractivity contribution in [2.24, 2.45) is 0 Å². The predicted molar refractivity (Wildman–Crippen MR) is 116 cm³/mol. The van der Waals surface area contributed by atoms with Crippen molar-refractivity contribution in [3.63, 3.8) is 0 Å². The molecule has 2 atom stereocenters.